The third-order valence-electron chi connectivity index (χ3n) is 3.14. The fourth-order valence-corrected chi connectivity index (χ4v) is 2.18. The fourth-order valence-electron chi connectivity index (χ4n) is 2.18. The van der Waals surface area contributed by atoms with Gasteiger partial charge in [0.2, 0.25) is 0 Å². The van der Waals surface area contributed by atoms with Gasteiger partial charge in [0.1, 0.15) is 0 Å². The lowest BCUT2D eigenvalue weighted by Gasteiger charge is -2.18. The second-order valence-corrected chi connectivity index (χ2v) is 5.25. The maximum absolute atomic E-state index is 6.08. The second-order valence-electron chi connectivity index (χ2n) is 5.25. The van der Waals surface area contributed by atoms with E-state index in [1.165, 1.54) is 25.7 Å². The van der Waals surface area contributed by atoms with Crippen molar-refractivity contribution in [3.63, 3.8) is 0 Å². The van der Waals surface area contributed by atoms with Gasteiger partial charge < -0.3 is 15.2 Å². The van der Waals surface area contributed by atoms with E-state index in [4.69, 9.17) is 15.2 Å². The van der Waals surface area contributed by atoms with Crippen molar-refractivity contribution in [2.45, 2.75) is 45.6 Å². The zero-order valence-electron chi connectivity index (χ0n) is 10.8. The summed E-state index contributed by atoms with van der Waals surface area (Å²) in [5, 5.41) is 0. The highest BCUT2D eigenvalue weighted by molar-refractivity contribution is 4.77. The summed E-state index contributed by atoms with van der Waals surface area (Å²) in [6, 6.07) is 0.229. The molecule has 96 valence electrons. The third-order valence-corrected chi connectivity index (χ3v) is 3.14. The van der Waals surface area contributed by atoms with E-state index in [0.29, 0.717) is 31.7 Å². The van der Waals surface area contributed by atoms with Crippen LogP contribution in [0.2, 0.25) is 0 Å². The van der Waals surface area contributed by atoms with Crippen molar-refractivity contribution < 1.29 is 9.47 Å². The Balaban J connectivity index is 1.90. The van der Waals surface area contributed by atoms with Crippen LogP contribution < -0.4 is 5.73 Å². The SMILES string of the molecule is CC(C)COCCOCC(N)C1CCCC1. The highest BCUT2D eigenvalue weighted by atomic mass is 16.5. The van der Waals surface area contributed by atoms with Crippen LogP contribution >= 0.6 is 0 Å². The van der Waals surface area contributed by atoms with E-state index in [-0.39, 0.29) is 6.04 Å². The van der Waals surface area contributed by atoms with Crippen molar-refractivity contribution >= 4 is 0 Å². The van der Waals surface area contributed by atoms with Gasteiger partial charge in [-0.15, -0.1) is 0 Å². The molecule has 0 amide bonds. The van der Waals surface area contributed by atoms with Crippen LogP contribution in [0.3, 0.4) is 0 Å². The van der Waals surface area contributed by atoms with Crippen LogP contribution in [0.4, 0.5) is 0 Å². The topological polar surface area (TPSA) is 44.5 Å². The molecule has 0 saturated heterocycles. The Labute approximate surface area is 99.7 Å². The van der Waals surface area contributed by atoms with Crippen molar-refractivity contribution in [2.75, 3.05) is 26.4 Å². The van der Waals surface area contributed by atoms with Gasteiger partial charge in [-0.05, 0) is 24.7 Å². The van der Waals surface area contributed by atoms with E-state index in [1.54, 1.807) is 0 Å². The van der Waals surface area contributed by atoms with E-state index in [2.05, 4.69) is 13.8 Å². The third kappa shape index (κ3) is 5.83. The number of ether oxygens (including phenoxy) is 2. The minimum atomic E-state index is 0.229. The normalized spacial score (nSPS) is 19.5. The summed E-state index contributed by atoms with van der Waals surface area (Å²) in [7, 11) is 0. The molecule has 3 heteroatoms. The summed E-state index contributed by atoms with van der Waals surface area (Å²) in [6.45, 7) is 7.17. The van der Waals surface area contributed by atoms with Gasteiger partial charge in [-0.2, -0.15) is 0 Å². The molecule has 1 aliphatic rings. The van der Waals surface area contributed by atoms with Gasteiger partial charge in [-0.3, -0.25) is 0 Å². The molecule has 0 aromatic heterocycles. The first-order valence-corrected chi connectivity index (χ1v) is 6.61. The van der Waals surface area contributed by atoms with Crippen LogP contribution in [0.25, 0.3) is 0 Å². The monoisotopic (exact) mass is 229 g/mol. The zero-order valence-corrected chi connectivity index (χ0v) is 10.8. The molecule has 0 aromatic rings. The molecule has 0 heterocycles. The van der Waals surface area contributed by atoms with Gasteiger partial charge in [0.05, 0.1) is 19.8 Å². The quantitative estimate of drug-likeness (QED) is 0.649. The largest absolute Gasteiger partial charge is 0.379 e. The van der Waals surface area contributed by atoms with Gasteiger partial charge >= 0.3 is 0 Å². The lowest BCUT2D eigenvalue weighted by molar-refractivity contribution is 0.0289. The first kappa shape index (κ1) is 13.9. The maximum atomic E-state index is 6.08. The molecule has 0 radical (unpaired) electrons. The van der Waals surface area contributed by atoms with Gasteiger partial charge in [0.25, 0.3) is 0 Å². The van der Waals surface area contributed by atoms with E-state index in [1.807, 2.05) is 0 Å². The van der Waals surface area contributed by atoms with Crippen LogP contribution in [0.1, 0.15) is 39.5 Å². The van der Waals surface area contributed by atoms with E-state index < -0.39 is 0 Å². The summed E-state index contributed by atoms with van der Waals surface area (Å²) >= 11 is 0. The molecule has 1 saturated carbocycles. The number of rotatable bonds is 8. The molecule has 0 spiro atoms. The summed E-state index contributed by atoms with van der Waals surface area (Å²) in [5.41, 5.74) is 6.08. The number of hydrogen-bond donors (Lipinski definition) is 1. The fraction of sp³-hybridized carbons (Fsp3) is 1.00. The first-order valence-electron chi connectivity index (χ1n) is 6.61. The number of hydrogen-bond acceptors (Lipinski definition) is 3. The smallest absolute Gasteiger partial charge is 0.0701 e. The minimum Gasteiger partial charge on any atom is -0.379 e. The molecular weight excluding hydrogens is 202 g/mol. The Hall–Kier alpha value is -0.120. The number of nitrogens with two attached hydrogens (primary N) is 1. The molecular formula is C13H27NO2. The average molecular weight is 229 g/mol. The van der Waals surface area contributed by atoms with Crippen molar-refractivity contribution in [3.8, 4) is 0 Å². The van der Waals surface area contributed by atoms with E-state index >= 15 is 0 Å². The summed E-state index contributed by atoms with van der Waals surface area (Å²) < 4.78 is 11.0. The van der Waals surface area contributed by atoms with E-state index in [9.17, 15) is 0 Å². The lowest BCUT2D eigenvalue weighted by Crippen LogP contribution is -2.33. The molecule has 0 aliphatic heterocycles. The molecule has 0 aromatic carbocycles. The molecule has 1 fully saturated rings. The molecule has 0 bridgehead atoms. The summed E-state index contributed by atoms with van der Waals surface area (Å²) in [5.74, 6) is 1.29. The Morgan fingerprint density at radius 3 is 2.19 bits per heavy atom. The Morgan fingerprint density at radius 1 is 1.06 bits per heavy atom. The zero-order chi connectivity index (χ0) is 11.8. The summed E-state index contributed by atoms with van der Waals surface area (Å²) in [4.78, 5) is 0. The average Bonchev–Trinajstić information content (AvgIpc) is 2.75. The van der Waals surface area contributed by atoms with Crippen LogP contribution in [0, 0.1) is 11.8 Å². The van der Waals surface area contributed by atoms with Gasteiger partial charge in [0.15, 0.2) is 0 Å². The van der Waals surface area contributed by atoms with Gasteiger partial charge in [-0.25, -0.2) is 0 Å². The van der Waals surface area contributed by atoms with E-state index in [0.717, 1.165) is 6.61 Å². The van der Waals surface area contributed by atoms with Crippen LogP contribution in [-0.4, -0.2) is 32.5 Å². The standard InChI is InChI=1S/C13H27NO2/c1-11(2)9-15-7-8-16-10-13(14)12-5-3-4-6-12/h11-13H,3-10,14H2,1-2H3. The first-order chi connectivity index (χ1) is 7.70. The van der Waals surface area contributed by atoms with Crippen molar-refractivity contribution in [1.29, 1.82) is 0 Å². The molecule has 1 unspecified atom stereocenters. The highest BCUT2D eigenvalue weighted by Gasteiger charge is 2.21. The molecule has 1 aliphatic carbocycles. The molecule has 2 N–H and O–H groups in total. The minimum absolute atomic E-state index is 0.229. The van der Waals surface area contributed by atoms with Crippen LogP contribution in [-0.2, 0) is 9.47 Å². The summed E-state index contributed by atoms with van der Waals surface area (Å²) in [6.07, 6.45) is 5.26. The Morgan fingerprint density at radius 2 is 1.62 bits per heavy atom. The van der Waals surface area contributed by atoms with Crippen molar-refractivity contribution in [1.82, 2.24) is 0 Å². The Bertz CT molecular complexity index is 167. The predicted molar refractivity (Wildman–Crippen MR) is 66.4 cm³/mol. The molecule has 3 nitrogen and oxygen atoms in total. The maximum Gasteiger partial charge on any atom is 0.0701 e. The molecule has 16 heavy (non-hydrogen) atoms. The van der Waals surface area contributed by atoms with Crippen LogP contribution in [0.5, 0.6) is 0 Å². The van der Waals surface area contributed by atoms with Crippen molar-refractivity contribution in [3.05, 3.63) is 0 Å². The van der Waals surface area contributed by atoms with Gasteiger partial charge in [0, 0.05) is 12.6 Å². The second kappa shape index (κ2) is 8.04. The molecule has 1 atom stereocenters. The van der Waals surface area contributed by atoms with Crippen LogP contribution in [0.15, 0.2) is 0 Å². The van der Waals surface area contributed by atoms with Crippen molar-refractivity contribution in [2.24, 2.45) is 17.6 Å². The van der Waals surface area contributed by atoms with Gasteiger partial charge in [-0.1, -0.05) is 26.7 Å². The Kier molecular flexibility index (Phi) is 7.01. The highest BCUT2D eigenvalue weighted by Crippen LogP contribution is 2.26. The lowest BCUT2D eigenvalue weighted by atomic mass is 10.00. The molecule has 1 rings (SSSR count). The predicted octanol–water partition coefficient (Wildman–Crippen LogP) is 2.19.